The summed E-state index contributed by atoms with van der Waals surface area (Å²) in [5.41, 5.74) is 6.10. The third-order valence-corrected chi connectivity index (χ3v) is 6.64. The van der Waals surface area contributed by atoms with E-state index in [0.29, 0.717) is 38.0 Å². The molecule has 1 amide bonds. The van der Waals surface area contributed by atoms with Crippen LogP contribution < -0.4 is 10.4 Å². The average Bonchev–Trinajstić information content (AvgIpc) is 3.20. The van der Waals surface area contributed by atoms with Gasteiger partial charge in [-0.05, 0) is 39.8 Å². The number of fused-ring (bicyclic) bond motifs is 3. The van der Waals surface area contributed by atoms with Gasteiger partial charge in [0.15, 0.2) is 0 Å². The van der Waals surface area contributed by atoms with Crippen LogP contribution >= 0.6 is 0 Å². The van der Waals surface area contributed by atoms with E-state index in [1.54, 1.807) is 17.0 Å². The summed E-state index contributed by atoms with van der Waals surface area (Å²) in [5.74, 6) is 0.0204. The molecule has 1 saturated heterocycles. The van der Waals surface area contributed by atoms with Crippen molar-refractivity contribution in [3.8, 4) is 11.1 Å². The summed E-state index contributed by atoms with van der Waals surface area (Å²) in [6.45, 7) is 2.32. The lowest BCUT2D eigenvalue weighted by atomic mass is 9.79. The predicted octanol–water partition coefficient (Wildman–Crippen LogP) is 2.25. The fourth-order valence-corrected chi connectivity index (χ4v) is 4.89. The van der Waals surface area contributed by atoms with Crippen molar-refractivity contribution in [3.63, 3.8) is 0 Å². The maximum atomic E-state index is 12.8. The van der Waals surface area contributed by atoms with Crippen molar-refractivity contribution in [2.24, 2.45) is 0 Å². The predicted molar refractivity (Wildman–Crippen MR) is 131 cm³/mol. The molecule has 0 aromatic heterocycles. The van der Waals surface area contributed by atoms with Gasteiger partial charge in [-0.3, -0.25) is 4.79 Å². The summed E-state index contributed by atoms with van der Waals surface area (Å²) in [5, 5.41) is 19.0. The molecule has 1 fully saturated rings. The van der Waals surface area contributed by atoms with E-state index in [0.717, 1.165) is 5.69 Å². The van der Waals surface area contributed by atoms with E-state index in [1.807, 2.05) is 29.2 Å². The van der Waals surface area contributed by atoms with Gasteiger partial charge < -0.3 is 24.6 Å². The molecule has 0 spiro atoms. The first-order chi connectivity index (χ1) is 16.5. The molecule has 0 unspecified atom stereocenters. The molecular formula is C26H25BN2O5. The van der Waals surface area contributed by atoms with Crippen LogP contribution in [-0.4, -0.2) is 67.2 Å². The Balaban J connectivity index is 1.22. The highest BCUT2D eigenvalue weighted by molar-refractivity contribution is 6.58. The van der Waals surface area contributed by atoms with Gasteiger partial charge >= 0.3 is 13.2 Å². The number of amides is 1. The molecule has 8 heteroatoms. The molecule has 0 atom stereocenters. The molecule has 0 radical (unpaired) electrons. The quantitative estimate of drug-likeness (QED) is 0.452. The van der Waals surface area contributed by atoms with Gasteiger partial charge in [0.1, 0.15) is 12.9 Å². The van der Waals surface area contributed by atoms with Crippen molar-refractivity contribution in [2.45, 2.75) is 5.92 Å². The topological polar surface area (TPSA) is 90.3 Å². The number of aldehydes is 1. The van der Waals surface area contributed by atoms with E-state index in [2.05, 4.69) is 24.3 Å². The van der Waals surface area contributed by atoms with Crippen LogP contribution in [0.5, 0.6) is 0 Å². The fourth-order valence-electron chi connectivity index (χ4n) is 4.89. The summed E-state index contributed by atoms with van der Waals surface area (Å²) in [6, 6.07) is 21.3. The first-order valence-corrected chi connectivity index (χ1v) is 11.4. The minimum absolute atomic E-state index is 0.0204. The number of benzene rings is 3. The Kier molecular flexibility index (Phi) is 6.09. The molecule has 0 bridgehead atoms. The first-order valence-electron chi connectivity index (χ1n) is 11.4. The Morgan fingerprint density at radius 2 is 1.56 bits per heavy atom. The molecule has 2 N–H and O–H groups in total. The SMILES string of the molecule is O=Cc1cc(B(O)O)cc(N2CCN(C(=O)OCC3c4ccccc4-c4ccccc43)CC2)c1. The molecule has 34 heavy (non-hydrogen) atoms. The number of hydrogen-bond donors (Lipinski definition) is 2. The summed E-state index contributed by atoms with van der Waals surface area (Å²) in [6.07, 6.45) is 0.345. The molecule has 7 nitrogen and oxygen atoms in total. The average molecular weight is 456 g/mol. The molecule has 0 saturated carbocycles. The van der Waals surface area contributed by atoms with Crippen molar-refractivity contribution in [1.82, 2.24) is 4.90 Å². The molecule has 1 aliphatic heterocycles. The van der Waals surface area contributed by atoms with E-state index in [9.17, 15) is 19.6 Å². The summed E-state index contributed by atoms with van der Waals surface area (Å²) in [4.78, 5) is 27.8. The van der Waals surface area contributed by atoms with Crippen LogP contribution in [0.3, 0.4) is 0 Å². The number of anilines is 1. The van der Waals surface area contributed by atoms with Gasteiger partial charge in [0.25, 0.3) is 0 Å². The maximum Gasteiger partial charge on any atom is 0.488 e. The van der Waals surface area contributed by atoms with Gasteiger partial charge in [0.05, 0.1) is 0 Å². The Hall–Kier alpha value is -3.62. The molecule has 3 aromatic carbocycles. The third kappa shape index (κ3) is 4.18. The van der Waals surface area contributed by atoms with E-state index < -0.39 is 7.12 Å². The summed E-state index contributed by atoms with van der Waals surface area (Å²) >= 11 is 0. The molecular weight excluding hydrogens is 431 g/mol. The van der Waals surface area contributed by atoms with Crippen molar-refractivity contribution >= 4 is 30.6 Å². The number of carbonyl (C=O) groups is 2. The number of nitrogens with zero attached hydrogens (tertiary/aromatic N) is 2. The lowest BCUT2D eigenvalue weighted by Crippen LogP contribution is -2.49. The standard InChI is InChI=1S/C26H25BN2O5/c30-16-18-13-19(27(32)33)15-20(14-18)28-9-11-29(12-10-28)26(31)34-17-25-23-7-3-1-5-21(23)22-6-2-4-8-24(22)25/h1-8,13-16,25,32-33H,9-12,17H2. The Morgan fingerprint density at radius 1 is 0.941 bits per heavy atom. The Bertz CT molecular complexity index is 1180. The van der Waals surface area contributed by atoms with Crippen LogP contribution in [-0.2, 0) is 4.74 Å². The highest BCUT2D eigenvalue weighted by atomic mass is 16.6. The zero-order chi connectivity index (χ0) is 23.7. The van der Waals surface area contributed by atoms with E-state index in [4.69, 9.17) is 4.74 Å². The molecule has 3 aromatic rings. The number of ether oxygens (including phenoxy) is 1. The molecule has 1 heterocycles. The highest BCUT2D eigenvalue weighted by Crippen LogP contribution is 2.44. The number of rotatable bonds is 5. The van der Waals surface area contributed by atoms with Gasteiger partial charge in [-0.2, -0.15) is 0 Å². The van der Waals surface area contributed by atoms with E-state index in [1.165, 1.54) is 28.3 Å². The van der Waals surface area contributed by atoms with Gasteiger partial charge in [-0.25, -0.2) is 4.79 Å². The zero-order valence-electron chi connectivity index (χ0n) is 18.6. The number of hydrogen-bond acceptors (Lipinski definition) is 6. The van der Waals surface area contributed by atoms with Crippen molar-refractivity contribution < 1.29 is 24.4 Å². The monoisotopic (exact) mass is 456 g/mol. The smallest absolute Gasteiger partial charge is 0.448 e. The van der Waals surface area contributed by atoms with E-state index in [-0.39, 0.29) is 24.1 Å². The van der Waals surface area contributed by atoms with Crippen LogP contribution in [0.25, 0.3) is 11.1 Å². The van der Waals surface area contributed by atoms with Crippen LogP contribution in [0.15, 0.2) is 66.7 Å². The molecule has 2 aliphatic rings. The first kappa shape index (κ1) is 22.2. The van der Waals surface area contributed by atoms with Crippen molar-refractivity contribution in [3.05, 3.63) is 83.4 Å². The maximum absolute atomic E-state index is 12.8. The Labute approximate surface area is 198 Å². The summed E-state index contributed by atoms with van der Waals surface area (Å²) in [7, 11) is -1.65. The van der Waals surface area contributed by atoms with Gasteiger partial charge in [-0.15, -0.1) is 0 Å². The lowest BCUT2D eigenvalue weighted by molar-refractivity contribution is 0.0976. The third-order valence-electron chi connectivity index (χ3n) is 6.64. The Morgan fingerprint density at radius 3 is 2.15 bits per heavy atom. The normalized spacial score (nSPS) is 15.0. The molecule has 5 rings (SSSR count). The second-order valence-electron chi connectivity index (χ2n) is 8.63. The van der Waals surface area contributed by atoms with Gasteiger partial charge in [0.2, 0.25) is 0 Å². The second-order valence-corrected chi connectivity index (χ2v) is 8.63. The fraction of sp³-hybridized carbons (Fsp3) is 0.231. The summed E-state index contributed by atoms with van der Waals surface area (Å²) < 4.78 is 5.76. The minimum Gasteiger partial charge on any atom is -0.448 e. The molecule has 1 aliphatic carbocycles. The van der Waals surface area contributed by atoms with Gasteiger partial charge in [0, 0.05) is 43.3 Å². The lowest BCUT2D eigenvalue weighted by Gasteiger charge is -2.36. The van der Waals surface area contributed by atoms with Crippen molar-refractivity contribution in [1.29, 1.82) is 0 Å². The van der Waals surface area contributed by atoms with Crippen LogP contribution in [0.2, 0.25) is 0 Å². The van der Waals surface area contributed by atoms with Crippen LogP contribution in [0.4, 0.5) is 10.5 Å². The largest absolute Gasteiger partial charge is 0.488 e. The van der Waals surface area contributed by atoms with Gasteiger partial charge in [-0.1, -0.05) is 54.6 Å². The zero-order valence-corrected chi connectivity index (χ0v) is 18.6. The highest BCUT2D eigenvalue weighted by Gasteiger charge is 2.30. The van der Waals surface area contributed by atoms with E-state index >= 15 is 0 Å². The second kappa shape index (κ2) is 9.33. The van der Waals surface area contributed by atoms with Crippen LogP contribution in [0.1, 0.15) is 27.4 Å². The minimum atomic E-state index is -1.65. The number of piperazine rings is 1. The molecule has 172 valence electrons. The van der Waals surface area contributed by atoms with Crippen LogP contribution in [0, 0.1) is 0 Å². The van der Waals surface area contributed by atoms with Crippen molar-refractivity contribution in [2.75, 3.05) is 37.7 Å². The number of carbonyl (C=O) groups excluding carboxylic acids is 2.